The summed E-state index contributed by atoms with van der Waals surface area (Å²) in [6.45, 7) is 4.88. The summed E-state index contributed by atoms with van der Waals surface area (Å²) >= 11 is 0. The summed E-state index contributed by atoms with van der Waals surface area (Å²) in [5.41, 5.74) is 2.24. The molecular formula is C22H30N3O3+. The van der Waals surface area contributed by atoms with E-state index in [0.29, 0.717) is 13.1 Å². The number of rotatable bonds is 7. The van der Waals surface area contributed by atoms with Crippen LogP contribution in [-0.2, 0) is 11.3 Å². The highest BCUT2D eigenvalue weighted by atomic mass is 16.5. The fourth-order valence-corrected chi connectivity index (χ4v) is 3.57. The van der Waals surface area contributed by atoms with Crippen molar-refractivity contribution < 1.29 is 19.2 Å². The molecule has 0 unspecified atom stereocenters. The van der Waals surface area contributed by atoms with Gasteiger partial charge in [0.1, 0.15) is 11.5 Å². The van der Waals surface area contributed by atoms with E-state index in [2.05, 4.69) is 11.0 Å². The molecule has 1 aliphatic rings. The van der Waals surface area contributed by atoms with Gasteiger partial charge in [-0.15, -0.1) is 0 Å². The number of anilines is 1. The van der Waals surface area contributed by atoms with Gasteiger partial charge >= 0.3 is 0 Å². The molecule has 1 N–H and O–H groups in total. The van der Waals surface area contributed by atoms with Crippen LogP contribution in [0.3, 0.4) is 0 Å². The van der Waals surface area contributed by atoms with Gasteiger partial charge in [-0.05, 0) is 29.8 Å². The number of amides is 1. The summed E-state index contributed by atoms with van der Waals surface area (Å²) in [7, 11) is 5.23. The number of hydrogen-bond acceptors (Lipinski definition) is 4. The van der Waals surface area contributed by atoms with Crippen LogP contribution in [0.1, 0.15) is 5.56 Å². The molecule has 0 spiro atoms. The zero-order chi connectivity index (χ0) is 19.9. The lowest BCUT2D eigenvalue weighted by atomic mass is 10.2. The van der Waals surface area contributed by atoms with E-state index in [9.17, 15) is 4.79 Å². The summed E-state index contributed by atoms with van der Waals surface area (Å²) in [5.74, 6) is 1.91. The Kier molecular flexibility index (Phi) is 6.76. The minimum absolute atomic E-state index is 0.177. The Morgan fingerprint density at radius 1 is 1.04 bits per heavy atom. The predicted molar refractivity (Wildman–Crippen MR) is 110 cm³/mol. The zero-order valence-corrected chi connectivity index (χ0v) is 17.0. The lowest BCUT2D eigenvalue weighted by molar-refractivity contribution is -0.892. The van der Waals surface area contributed by atoms with E-state index in [1.165, 1.54) is 4.90 Å². The Balaban J connectivity index is 1.48. The Bertz CT molecular complexity index is 771. The van der Waals surface area contributed by atoms with Gasteiger partial charge in [-0.25, -0.2) is 0 Å². The molecule has 0 aliphatic carbocycles. The molecule has 1 amide bonds. The number of benzene rings is 2. The fourth-order valence-electron chi connectivity index (χ4n) is 3.57. The van der Waals surface area contributed by atoms with Crippen LogP contribution in [0.4, 0.5) is 5.69 Å². The van der Waals surface area contributed by atoms with E-state index in [4.69, 9.17) is 9.47 Å². The summed E-state index contributed by atoms with van der Waals surface area (Å²) in [4.78, 5) is 18.1. The van der Waals surface area contributed by atoms with Crippen molar-refractivity contribution in [1.29, 1.82) is 0 Å². The number of nitrogens with zero attached hydrogens (tertiary/aromatic N) is 2. The highest BCUT2D eigenvalue weighted by molar-refractivity contribution is 5.76. The van der Waals surface area contributed by atoms with Crippen LogP contribution in [0.5, 0.6) is 11.5 Å². The Labute approximate surface area is 167 Å². The maximum absolute atomic E-state index is 12.6. The van der Waals surface area contributed by atoms with E-state index < -0.39 is 0 Å². The number of ether oxygens (including phenoxy) is 2. The average Bonchev–Trinajstić information content (AvgIpc) is 2.74. The van der Waals surface area contributed by atoms with Crippen LogP contribution >= 0.6 is 0 Å². The van der Waals surface area contributed by atoms with Crippen molar-refractivity contribution >= 4 is 11.6 Å². The van der Waals surface area contributed by atoms with Gasteiger partial charge in [0.25, 0.3) is 5.91 Å². The number of para-hydroxylation sites is 2. The maximum atomic E-state index is 12.6. The van der Waals surface area contributed by atoms with Gasteiger partial charge < -0.3 is 24.2 Å². The quantitative estimate of drug-likeness (QED) is 0.776. The first-order valence-corrected chi connectivity index (χ1v) is 9.69. The molecule has 0 radical (unpaired) electrons. The topological polar surface area (TPSA) is 46.5 Å². The number of carbonyl (C=O) groups excluding carboxylic acids is 1. The molecule has 1 heterocycles. The van der Waals surface area contributed by atoms with Crippen LogP contribution in [-0.4, -0.2) is 64.8 Å². The standard InChI is InChI=1S/C22H29N3O3/c1-23(16-18-8-10-19(27-2)11-9-18)22(26)17-24-12-14-25(15-13-24)20-6-4-5-7-21(20)28-3/h4-11H,12-17H2,1-3H3/p+1. The molecule has 1 fully saturated rings. The number of piperazine rings is 1. The minimum Gasteiger partial charge on any atom is -0.497 e. The molecule has 0 aromatic heterocycles. The molecule has 150 valence electrons. The third-order valence-corrected chi connectivity index (χ3v) is 5.30. The third-order valence-electron chi connectivity index (χ3n) is 5.30. The largest absolute Gasteiger partial charge is 0.497 e. The van der Waals surface area contributed by atoms with Crippen molar-refractivity contribution in [2.75, 3.05) is 58.9 Å². The smallest absolute Gasteiger partial charge is 0.277 e. The van der Waals surface area contributed by atoms with Gasteiger partial charge in [0.2, 0.25) is 0 Å². The molecular weight excluding hydrogens is 354 g/mol. The monoisotopic (exact) mass is 384 g/mol. The first-order valence-electron chi connectivity index (χ1n) is 9.69. The van der Waals surface area contributed by atoms with Crippen molar-refractivity contribution in [3.63, 3.8) is 0 Å². The van der Waals surface area contributed by atoms with Crippen molar-refractivity contribution in [2.24, 2.45) is 0 Å². The van der Waals surface area contributed by atoms with Crippen LogP contribution in [0, 0.1) is 0 Å². The first-order chi connectivity index (χ1) is 13.6. The van der Waals surface area contributed by atoms with E-state index >= 15 is 0 Å². The van der Waals surface area contributed by atoms with Crippen LogP contribution in [0.25, 0.3) is 0 Å². The van der Waals surface area contributed by atoms with Crippen molar-refractivity contribution in [3.8, 4) is 11.5 Å². The molecule has 2 aromatic rings. The van der Waals surface area contributed by atoms with Gasteiger partial charge in [-0.2, -0.15) is 0 Å². The number of hydrogen-bond donors (Lipinski definition) is 1. The maximum Gasteiger partial charge on any atom is 0.277 e. The third kappa shape index (κ3) is 4.95. The normalized spacial score (nSPS) is 14.6. The Morgan fingerprint density at radius 3 is 2.36 bits per heavy atom. The Hall–Kier alpha value is -2.73. The number of nitrogens with one attached hydrogen (secondary N) is 1. The van der Waals surface area contributed by atoms with Crippen molar-refractivity contribution in [2.45, 2.75) is 6.54 Å². The van der Waals surface area contributed by atoms with Gasteiger partial charge in [0, 0.05) is 13.6 Å². The van der Waals surface area contributed by atoms with Crippen molar-refractivity contribution in [1.82, 2.24) is 4.90 Å². The summed E-state index contributed by atoms with van der Waals surface area (Å²) in [6.07, 6.45) is 0. The molecule has 28 heavy (non-hydrogen) atoms. The van der Waals surface area contributed by atoms with Gasteiger partial charge in [-0.1, -0.05) is 24.3 Å². The molecule has 3 rings (SSSR count). The SMILES string of the molecule is COc1ccc(CN(C)C(=O)C[NH+]2CCN(c3ccccc3OC)CC2)cc1. The molecule has 1 aliphatic heterocycles. The van der Waals surface area contributed by atoms with Crippen molar-refractivity contribution in [3.05, 3.63) is 54.1 Å². The van der Waals surface area contributed by atoms with E-state index in [1.54, 1.807) is 19.1 Å². The number of likely N-dealkylation sites (N-methyl/N-ethyl adjacent to an activating group) is 1. The highest BCUT2D eigenvalue weighted by Crippen LogP contribution is 2.27. The van der Waals surface area contributed by atoms with E-state index in [1.807, 2.05) is 49.5 Å². The lowest BCUT2D eigenvalue weighted by Crippen LogP contribution is -3.15. The molecule has 0 saturated carbocycles. The Morgan fingerprint density at radius 2 is 1.71 bits per heavy atom. The second kappa shape index (κ2) is 9.46. The second-order valence-electron chi connectivity index (χ2n) is 7.18. The molecule has 6 nitrogen and oxygen atoms in total. The highest BCUT2D eigenvalue weighted by Gasteiger charge is 2.25. The summed E-state index contributed by atoms with van der Waals surface area (Å²) in [6, 6.07) is 16.0. The predicted octanol–water partition coefficient (Wildman–Crippen LogP) is 1.07. The van der Waals surface area contributed by atoms with Gasteiger partial charge in [-0.3, -0.25) is 4.79 Å². The minimum atomic E-state index is 0.177. The van der Waals surface area contributed by atoms with Crippen LogP contribution < -0.4 is 19.3 Å². The second-order valence-corrected chi connectivity index (χ2v) is 7.18. The summed E-state index contributed by atoms with van der Waals surface area (Å²) < 4.78 is 10.7. The average molecular weight is 385 g/mol. The van der Waals surface area contributed by atoms with Gasteiger partial charge in [0.15, 0.2) is 6.54 Å². The first kappa shape index (κ1) is 20.0. The number of carbonyl (C=O) groups is 1. The molecule has 0 atom stereocenters. The van der Waals surface area contributed by atoms with E-state index in [-0.39, 0.29) is 5.91 Å². The summed E-state index contributed by atoms with van der Waals surface area (Å²) in [5, 5.41) is 0. The number of methoxy groups -OCH3 is 2. The fraction of sp³-hybridized carbons (Fsp3) is 0.409. The lowest BCUT2D eigenvalue weighted by Gasteiger charge is -2.34. The zero-order valence-electron chi connectivity index (χ0n) is 17.0. The number of quaternary nitrogens is 1. The van der Waals surface area contributed by atoms with E-state index in [0.717, 1.165) is 48.9 Å². The molecule has 2 aromatic carbocycles. The molecule has 6 heteroatoms. The van der Waals surface area contributed by atoms with Gasteiger partial charge in [0.05, 0.1) is 46.1 Å². The van der Waals surface area contributed by atoms with Crippen LogP contribution in [0.15, 0.2) is 48.5 Å². The molecule has 1 saturated heterocycles. The van der Waals surface area contributed by atoms with Crippen LogP contribution in [0.2, 0.25) is 0 Å². The molecule has 0 bridgehead atoms.